The second kappa shape index (κ2) is 11.7. The first kappa shape index (κ1) is 27.1. The number of anilines is 1. The van der Waals surface area contributed by atoms with Crippen LogP contribution in [0.1, 0.15) is 30.4 Å². The molecule has 208 valence electrons. The van der Waals surface area contributed by atoms with Gasteiger partial charge in [0.15, 0.2) is 0 Å². The lowest BCUT2D eigenvalue weighted by atomic mass is 9.87. The zero-order valence-corrected chi connectivity index (χ0v) is 23.1. The van der Waals surface area contributed by atoms with Crippen LogP contribution in [-0.4, -0.2) is 60.7 Å². The molecule has 0 spiro atoms. The van der Waals surface area contributed by atoms with Crippen LogP contribution in [0.3, 0.4) is 0 Å². The predicted molar refractivity (Wildman–Crippen MR) is 156 cm³/mol. The number of methoxy groups -OCH3 is 2. The third kappa shape index (κ3) is 5.45. The average Bonchev–Trinajstić information content (AvgIpc) is 3.38. The van der Waals surface area contributed by atoms with E-state index < -0.39 is 4.92 Å². The summed E-state index contributed by atoms with van der Waals surface area (Å²) in [5.74, 6) is 1.26. The fourth-order valence-electron chi connectivity index (χ4n) is 5.56. The standard InChI is InChI=1S/C31H34N4O5/c1-4-32-21-29(27-7-5-6-8-30(27)32)28(22-17-25(39-2)19-26(18-22)40-3)20-31(36)34-15-13-33(14-16-34)23-9-11-24(12-10-23)35(37)38/h5-12,17-19,21,28H,4,13-16,20H2,1-3H3. The zero-order chi connectivity index (χ0) is 28.2. The van der Waals surface area contributed by atoms with E-state index >= 15 is 0 Å². The number of amides is 1. The summed E-state index contributed by atoms with van der Waals surface area (Å²) in [7, 11) is 3.26. The van der Waals surface area contributed by atoms with Crippen LogP contribution in [0, 0.1) is 10.1 Å². The molecule has 1 aliphatic rings. The Morgan fingerprint density at radius 2 is 1.60 bits per heavy atom. The maximum absolute atomic E-state index is 13.8. The number of hydrogen-bond donors (Lipinski definition) is 0. The summed E-state index contributed by atoms with van der Waals surface area (Å²) >= 11 is 0. The molecule has 1 unspecified atom stereocenters. The van der Waals surface area contributed by atoms with E-state index in [0.29, 0.717) is 44.1 Å². The summed E-state index contributed by atoms with van der Waals surface area (Å²) in [5, 5.41) is 12.1. The molecule has 0 aliphatic carbocycles. The number of hydrogen-bond acceptors (Lipinski definition) is 6. The van der Waals surface area contributed by atoms with E-state index in [1.807, 2.05) is 35.2 Å². The molecular weight excluding hydrogens is 508 g/mol. The molecule has 1 fully saturated rings. The van der Waals surface area contributed by atoms with Crippen LogP contribution >= 0.6 is 0 Å². The number of benzene rings is 3. The van der Waals surface area contributed by atoms with Gasteiger partial charge in [0.1, 0.15) is 11.5 Å². The normalized spacial score (nSPS) is 14.3. The Labute approximate surface area is 233 Å². The lowest BCUT2D eigenvalue weighted by Gasteiger charge is -2.36. The number of ether oxygens (including phenoxy) is 2. The van der Waals surface area contributed by atoms with Gasteiger partial charge in [-0.1, -0.05) is 18.2 Å². The van der Waals surface area contributed by atoms with E-state index in [1.165, 1.54) is 12.1 Å². The lowest BCUT2D eigenvalue weighted by molar-refractivity contribution is -0.384. The summed E-state index contributed by atoms with van der Waals surface area (Å²) in [6.45, 7) is 5.44. The molecule has 3 aromatic carbocycles. The Kier molecular flexibility index (Phi) is 7.91. The predicted octanol–water partition coefficient (Wildman–Crippen LogP) is 5.46. The first-order valence-electron chi connectivity index (χ1n) is 13.5. The van der Waals surface area contributed by atoms with Crippen LogP contribution in [0.5, 0.6) is 11.5 Å². The van der Waals surface area contributed by atoms with Crippen molar-refractivity contribution in [3.8, 4) is 11.5 Å². The van der Waals surface area contributed by atoms with Crippen molar-refractivity contribution in [3.63, 3.8) is 0 Å². The van der Waals surface area contributed by atoms with E-state index in [9.17, 15) is 14.9 Å². The molecule has 1 atom stereocenters. The van der Waals surface area contributed by atoms with Crippen molar-refractivity contribution in [3.05, 3.63) is 94.2 Å². The summed E-state index contributed by atoms with van der Waals surface area (Å²) < 4.78 is 13.4. The second-order valence-electron chi connectivity index (χ2n) is 9.93. The number of nitro benzene ring substituents is 1. The topological polar surface area (TPSA) is 90.1 Å². The lowest BCUT2D eigenvalue weighted by Crippen LogP contribution is -2.49. The first-order valence-corrected chi connectivity index (χ1v) is 13.5. The molecule has 1 aliphatic heterocycles. The van der Waals surface area contributed by atoms with Crippen LogP contribution in [0.25, 0.3) is 10.9 Å². The Balaban J connectivity index is 1.41. The van der Waals surface area contributed by atoms with Crippen molar-refractivity contribution in [2.75, 3.05) is 45.3 Å². The molecule has 9 nitrogen and oxygen atoms in total. The summed E-state index contributed by atoms with van der Waals surface area (Å²) in [6, 6.07) is 20.7. The molecule has 1 aromatic heterocycles. The zero-order valence-electron chi connectivity index (χ0n) is 23.1. The fraction of sp³-hybridized carbons (Fsp3) is 0.323. The van der Waals surface area contributed by atoms with Crippen molar-refractivity contribution >= 4 is 28.2 Å². The number of para-hydroxylation sites is 1. The minimum Gasteiger partial charge on any atom is -0.497 e. The van der Waals surface area contributed by atoms with Crippen LogP contribution < -0.4 is 14.4 Å². The molecule has 2 heterocycles. The van der Waals surface area contributed by atoms with E-state index in [-0.39, 0.29) is 17.5 Å². The van der Waals surface area contributed by atoms with Gasteiger partial charge in [-0.25, -0.2) is 0 Å². The Hall–Kier alpha value is -4.53. The van der Waals surface area contributed by atoms with Crippen molar-refractivity contribution in [1.29, 1.82) is 0 Å². The van der Waals surface area contributed by atoms with Gasteiger partial charge in [0.2, 0.25) is 5.91 Å². The highest BCUT2D eigenvalue weighted by Crippen LogP contribution is 2.38. The van der Waals surface area contributed by atoms with E-state index in [0.717, 1.165) is 34.3 Å². The highest BCUT2D eigenvalue weighted by molar-refractivity contribution is 5.87. The van der Waals surface area contributed by atoms with Crippen LogP contribution in [0.2, 0.25) is 0 Å². The fourth-order valence-corrected chi connectivity index (χ4v) is 5.56. The Bertz CT molecular complexity index is 1480. The van der Waals surface area contributed by atoms with Gasteiger partial charge in [0, 0.05) is 86.0 Å². The van der Waals surface area contributed by atoms with Gasteiger partial charge < -0.3 is 23.8 Å². The summed E-state index contributed by atoms with van der Waals surface area (Å²) in [5.41, 5.74) is 4.20. The van der Waals surface area contributed by atoms with E-state index in [4.69, 9.17) is 9.47 Å². The number of aromatic nitrogens is 1. The van der Waals surface area contributed by atoms with Gasteiger partial charge in [-0.05, 0) is 48.4 Å². The van der Waals surface area contributed by atoms with Crippen LogP contribution in [0.15, 0.2) is 72.9 Å². The molecule has 4 aromatic rings. The molecule has 0 saturated carbocycles. The van der Waals surface area contributed by atoms with E-state index in [1.54, 1.807) is 26.4 Å². The van der Waals surface area contributed by atoms with Gasteiger partial charge in [-0.3, -0.25) is 14.9 Å². The molecule has 5 rings (SSSR count). The van der Waals surface area contributed by atoms with E-state index in [2.05, 4.69) is 34.7 Å². The number of carbonyl (C=O) groups excluding carboxylic acids is 1. The largest absolute Gasteiger partial charge is 0.497 e. The number of piperazine rings is 1. The SMILES string of the molecule is CCn1cc(C(CC(=O)N2CCN(c3ccc([N+](=O)[O-])cc3)CC2)c2cc(OC)cc(OC)c2)c2ccccc21. The highest BCUT2D eigenvalue weighted by atomic mass is 16.6. The van der Waals surface area contributed by atoms with Gasteiger partial charge in [0.25, 0.3) is 5.69 Å². The number of rotatable bonds is 9. The third-order valence-electron chi connectivity index (χ3n) is 7.75. The van der Waals surface area contributed by atoms with Crippen molar-refractivity contribution < 1.29 is 19.2 Å². The molecular formula is C31H34N4O5. The Morgan fingerprint density at radius 3 is 2.20 bits per heavy atom. The second-order valence-corrected chi connectivity index (χ2v) is 9.93. The molecule has 9 heteroatoms. The maximum Gasteiger partial charge on any atom is 0.269 e. The molecule has 40 heavy (non-hydrogen) atoms. The van der Waals surface area contributed by atoms with Crippen molar-refractivity contribution in [2.24, 2.45) is 0 Å². The minimum absolute atomic E-state index is 0.0715. The number of non-ortho nitro benzene ring substituents is 1. The summed E-state index contributed by atoms with van der Waals surface area (Å²) in [4.78, 5) is 28.5. The van der Waals surface area contributed by atoms with Crippen molar-refractivity contribution in [1.82, 2.24) is 9.47 Å². The number of nitro groups is 1. The van der Waals surface area contributed by atoms with Crippen molar-refractivity contribution in [2.45, 2.75) is 25.8 Å². The number of fused-ring (bicyclic) bond motifs is 1. The number of carbonyl (C=O) groups is 1. The van der Waals surface area contributed by atoms with Gasteiger partial charge in [-0.2, -0.15) is 0 Å². The van der Waals surface area contributed by atoms with Gasteiger partial charge >= 0.3 is 0 Å². The number of nitrogens with zero attached hydrogens (tertiary/aromatic N) is 4. The number of aryl methyl sites for hydroxylation is 1. The van der Waals surface area contributed by atoms with Gasteiger partial charge in [0.05, 0.1) is 19.1 Å². The molecule has 0 N–H and O–H groups in total. The third-order valence-corrected chi connectivity index (χ3v) is 7.75. The summed E-state index contributed by atoms with van der Waals surface area (Å²) in [6.07, 6.45) is 2.48. The van der Waals surface area contributed by atoms with Gasteiger partial charge in [-0.15, -0.1) is 0 Å². The molecule has 1 saturated heterocycles. The minimum atomic E-state index is -0.396. The Morgan fingerprint density at radius 1 is 0.950 bits per heavy atom. The highest BCUT2D eigenvalue weighted by Gasteiger charge is 2.28. The average molecular weight is 543 g/mol. The van der Waals surface area contributed by atoms with Crippen LogP contribution in [0.4, 0.5) is 11.4 Å². The first-order chi connectivity index (χ1) is 19.4. The molecule has 1 amide bonds. The van der Waals surface area contributed by atoms with Crippen LogP contribution in [-0.2, 0) is 11.3 Å². The maximum atomic E-state index is 13.8. The quantitative estimate of drug-likeness (QED) is 0.206. The molecule has 0 bridgehead atoms. The monoisotopic (exact) mass is 542 g/mol. The smallest absolute Gasteiger partial charge is 0.269 e. The molecule has 0 radical (unpaired) electrons.